The fourth-order valence-electron chi connectivity index (χ4n) is 2.89. The number of rotatable bonds is 4. The van der Waals surface area contributed by atoms with Gasteiger partial charge in [-0.15, -0.1) is 0 Å². The number of fused-ring (bicyclic) bond motifs is 1. The van der Waals surface area contributed by atoms with Crippen molar-refractivity contribution in [1.29, 1.82) is 0 Å². The first-order valence-corrected chi connectivity index (χ1v) is 8.04. The molecule has 0 saturated carbocycles. The van der Waals surface area contributed by atoms with E-state index in [0.29, 0.717) is 5.92 Å². The van der Waals surface area contributed by atoms with Crippen molar-refractivity contribution in [2.24, 2.45) is 7.05 Å². The van der Waals surface area contributed by atoms with E-state index in [9.17, 15) is 0 Å². The van der Waals surface area contributed by atoms with Crippen molar-refractivity contribution < 1.29 is 0 Å². The predicted molar refractivity (Wildman–Crippen MR) is 92.0 cm³/mol. The summed E-state index contributed by atoms with van der Waals surface area (Å²) in [4.78, 5) is 4.67. The van der Waals surface area contributed by atoms with Crippen molar-refractivity contribution in [1.82, 2.24) is 14.8 Å². The minimum absolute atomic E-state index is 0.556. The van der Waals surface area contributed by atoms with Crippen LogP contribution in [0.3, 0.4) is 0 Å². The molecule has 0 spiro atoms. The molecule has 0 saturated heterocycles. The SMILES string of the molecule is CCc1cc(C(C)CC)c2cnc(-c3cnn(C)c3)cc2c1. The third kappa shape index (κ3) is 2.63. The standard InChI is InChI=1S/C19H23N3/c1-5-13(3)17-8-14(6-2)7-15-9-19(20-11-18(15)17)16-10-21-22(4)12-16/h7-13H,5-6H2,1-4H3. The molecule has 3 heteroatoms. The second-order valence-electron chi connectivity index (χ2n) is 6.04. The molecule has 0 N–H and O–H groups in total. The van der Waals surface area contributed by atoms with Crippen LogP contribution in [0.5, 0.6) is 0 Å². The van der Waals surface area contributed by atoms with Crippen molar-refractivity contribution in [3.8, 4) is 11.3 Å². The molecule has 0 amide bonds. The van der Waals surface area contributed by atoms with Gasteiger partial charge in [0.15, 0.2) is 0 Å². The van der Waals surface area contributed by atoms with E-state index in [0.717, 1.165) is 24.1 Å². The van der Waals surface area contributed by atoms with E-state index in [-0.39, 0.29) is 0 Å². The lowest BCUT2D eigenvalue weighted by Gasteiger charge is -2.15. The Hall–Kier alpha value is -2.16. The summed E-state index contributed by atoms with van der Waals surface area (Å²) in [5.74, 6) is 0.556. The van der Waals surface area contributed by atoms with E-state index in [1.54, 1.807) is 0 Å². The van der Waals surface area contributed by atoms with Gasteiger partial charge in [-0.1, -0.05) is 32.9 Å². The first kappa shape index (κ1) is 14.8. The summed E-state index contributed by atoms with van der Waals surface area (Å²) in [6, 6.07) is 6.84. The van der Waals surface area contributed by atoms with Gasteiger partial charge in [-0.3, -0.25) is 9.67 Å². The summed E-state index contributed by atoms with van der Waals surface area (Å²) in [5.41, 5.74) is 4.87. The molecule has 3 nitrogen and oxygen atoms in total. The molecule has 3 aromatic rings. The lowest BCUT2D eigenvalue weighted by Crippen LogP contribution is -1.97. The monoisotopic (exact) mass is 293 g/mol. The molecular weight excluding hydrogens is 270 g/mol. The fourth-order valence-corrected chi connectivity index (χ4v) is 2.89. The minimum atomic E-state index is 0.556. The van der Waals surface area contributed by atoms with Crippen LogP contribution >= 0.6 is 0 Å². The number of aromatic nitrogens is 3. The first-order chi connectivity index (χ1) is 10.6. The lowest BCUT2D eigenvalue weighted by molar-refractivity contribution is 0.738. The number of hydrogen-bond donors (Lipinski definition) is 0. The quantitative estimate of drug-likeness (QED) is 0.697. The highest BCUT2D eigenvalue weighted by Gasteiger charge is 2.11. The number of hydrogen-bond acceptors (Lipinski definition) is 2. The molecule has 1 atom stereocenters. The van der Waals surface area contributed by atoms with Crippen LogP contribution in [0, 0.1) is 0 Å². The number of pyridine rings is 1. The van der Waals surface area contributed by atoms with Gasteiger partial charge in [0.2, 0.25) is 0 Å². The van der Waals surface area contributed by atoms with E-state index in [1.165, 1.54) is 21.9 Å². The van der Waals surface area contributed by atoms with Gasteiger partial charge < -0.3 is 0 Å². The molecule has 0 fully saturated rings. The molecule has 1 unspecified atom stereocenters. The van der Waals surface area contributed by atoms with Crippen LogP contribution in [0.15, 0.2) is 36.8 Å². The Labute approximate surface area is 132 Å². The Morgan fingerprint density at radius 1 is 1.14 bits per heavy atom. The largest absolute Gasteiger partial charge is 0.275 e. The minimum Gasteiger partial charge on any atom is -0.275 e. The van der Waals surface area contributed by atoms with Crippen LogP contribution in [0.25, 0.3) is 22.0 Å². The smallest absolute Gasteiger partial charge is 0.0739 e. The van der Waals surface area contributed by atoms with Gasteiger partial charge in [-0.05, 0) is 41.3 Å². The molecule has 22 heavy (non-hydrogen) atoms. The van der Waals surface area contributed by atoms with Gasteiger partial charge in [-0.2, -0.15) is 5.10 Å². The molecule has 2 heterocycles. The van der Waals surface area contributed by atoms with Crippen LogP contribution in [0.1, 0.15) is 44.2 Å². The van der Waals surface area contributed by atoms with Gasteiger partial charge in [0.05, 0.1) is 11.9 Å². The topological polar surface area (TPSA) is 30.7 Å². The summed E-state index contributed by atoms with van der Waals surface area (Å²) in [6.07, 6.45) is 8.11. The molecular formula is C19H23N3. The van der Waals surface area contributed by atoms with Gasteiger partial charge in [0.25, 0.3) is 0 Å². The van der Waals surface area contributed by atoms with Crippen LogP contribution in [-0.4, -0.2) is 14.8 Å². The van der Waals surface area contributed by atoms with E-state index < -0.39 is 0 Å². The van der Waals surface area contributed by atoms with E-state index >= 15 is 0 Å². The van der Waals surface area contributed by atoms with Gasteiger partial charge in [-0.25, -0.2) is 0 Å². The van der Waals surface area contributed by atoms with Crippen molar-refractivity contribution in [2.45, 2.75) is 39.5 Å². The molecule has 2 aromatic heterocycles. The van der Waals surface area contributed by atoms with Gasteiger partial charge >= 0.3 is 0 Å². The fraction of sp³-hybridized carbons (Fsp3) is 0.368. The van der Waals surface area contributed by atoms with Crippen LogP contribution in [0.4, 0.5) is 0 Å². The van der Waals surface area contributed by atoms with Crippen molar-refractivity contribution in [3.63, 3.8) is 0 Å². The number of benzene rings is 1. The van der Waals surface area contributed by atoms with Crippen LogP contribution in [-0.2, 0) is 13.5 Å². The average Bonchev–Trinajstić information content (AvgIpc) is 2.98. The molecule has 0 aliphatic heterocycles. The Morgan fingerprint density at radius 2 is 1.95 bits per heavy atom. The van der Waals surface area contributed by atoms with E-state index in [2.05, 4.69) is 49.1 Å². The Morgan fingerprint density at radius 3 is 2.59 bits per heavy atom. The third-order valence-electron chi connectivity index (χ3n) is 4.48. The summed E-state index contributed by atoms with van der Waals surface area (Å²) in [6.45, 7) is 6.75. The van der Waals surface area contributed by atoms with Crippen molar-refractivity contribution >= 4 is 10.8 Å². The Bertz CT molecular complexity index is 802. The highest BCUT2D eigenvalue weighted by atomic mass is 15.2. The van der Waals surface area contributed by atoms with E-state index in [1.807, 2.05) is 30.3 Å². The van der Waals surface area contributed by atoms with Crippen molar-refractivity contribution in [2.75, 3.05) is 0 Å². The zero-order valence-electron chi connectivity index (χ0n) is 13.8. The number of aryl methyl sites for hydroxylation is 2. The Balaban J connectivity index is 2.19. The van der Waals surface area contributed by atoms with Gasteiger partial charge in [0, 0.05) is 30.4 Å². The molecule has 0 aliphatic rings. The molecule has 114 valence electrons. The van der Waals surface area contributed by atoms with E-state index in [4.69, 9.17) is 0 Å². The maximum Gasteiger partial charge on any atom is 0.0739 e. The van der Waals surface area contributed by atoms with Crippen molar-refractivity contribution in [3.05, 3.63) is 47.9 Å². The Kier molecular flexibility index (Phi) is 3.97. The average molecular weight is 293 g/mol. The lowest BCUT2D eigenvalue weighted by atomic mass is 9.91. The van der Waals surface area contributed by atoms with Gasteiger partial charge in [0.1, 0.15) is 0 Å². The summed E-state index contributed by atoms with van der Waals surface area (Å²) < 4.78 is 1.81. The second kappa shape index (κ2) is 5.91. The first-order valence-electron chi connectivity index (χ1n) is 8.04. The highest BCUT2D eigenvalue weighted by Crippen LogP contribution is 2.31. The normalized spacial score (nSPS) is 12.7. The summed E-state index contributed by atoms with van der Waals surface area (Å²) in [7, 11) is 1.93. The zero-order valence-corrected chi connectivity index (χ0v) is 13.8. The molecule has 0 radical (unpaired) electrons. The van der Waals surface area contributed by atoms with Crippen LogP contribution < -0.4 is 0 Å². The maximum absolute atomic E-state index is 4.67. The highest BCUT2D eigenvalue weighted by molar-refractivity contribution is 5.89. The molecule has 0 aliphatic carbocycles. The molecule has 1 aromatic carbocycles. The third-order valence-corrected chi connectivity index (χ3v) is 4.48. The second-order valence-corrected chi connectivity index (χ2v) is 6.04. The summed E-state index contributed by atoms with van der Waals surface area (Å²) in [5, 5.41) is 6.80. The molecule has 0 bridgehead atoms. The number of nitrogens with zero attached hydrogens (tertiary/aromatic N) is 3. The maximum atomic E-state index is 4.67. The zero-order chi connectivity index (χ0) is 15.7. The molecule has 3 rings (SSSR count). The summed E-state index contributed by atoms with van der Waals surface area (Å²) >= 11 is 0. The van der Waals surface area contributed by atoms with Crippen LogP contribution in [0.2, 0.25) is 0 Å². The predicted octanol–water partition coefficient (Wildman–Crippen LogP) is 4.71.